The Morgan fingerprint density at radius 1 is 1.06 bits per heavy atom. The molecule has 0 bridgehead atoms. The molecular weight excluding hydrogens is 450 g/mol. The lowest BCUT2D eigenvalue weighted by Gasteiger charge is -2.10. The largest absolute Gasteiger partial charge is 0.478 e. The molecule has 0 radical (unpaired) electrons. The number of hydrogen-bond donors (Lipinski definition) is 1. The number of fused-ring (bicyclic) bond motifs is 4. The van der Waals surface area contributed by atoms with E-state index in [0.29, 0.717) is 24.2 Å². The van der Waals surface area contributed by atoms with Crippen molar-refractivity contribution in [1.29, 1.82) is 0 Å². The fraction of sp³-hybridized carbons (Fsp3) is 0.259. The van der Waals surface area contributed by atoms with Crippen molar-refractivity contribution in [3.8, 4) is 11.4 Å². The minimum absolute atomic E-state index is 0.266. The summed E-state index contributed by atoms with van der Waals surface area (Å²) >= 11 is 6.67. The summed E-state index contributed by atoms with van der Waals surface area (Å²) in [5.41, 5.74) is 6.75. The van der Waals surface area contributed by atoms with Gasteiger partial charge in [0.05, 0.1) is 33.7 Å². The molecule has 0 aliphatic heterocycles. The van der Waals surface area contributed by atoms with Gasteiger partial charge in [0.15, 0.2) is 0 Å². The van der Waals surface area contributed by atoms with Gasteiger partial charge in [-0.15, -0.1) is 0 Å². The summed E-state index contributed by atoms with van der Waals surface area (Å²) in [6.45, 7) is 7.92. The highest BCUT2D eigenvalue weighted by Gasteiger charge is 2.20. The SMILES string of the molecule is CCn1c2ccc(-c3nc4c(C)c(C(=O)O)ccc4n3CCOC)cc2c2cc(C)cc(Cl)c21. The van der Waals surface area contributed by atoms with Crippen molar-refractivity contribution in [2.24, 2.45) is 0 Å². The van der Waals surface area contributed by atoms with Gasteiger partial charge in [0.25, 0.3) is 0 Å². The standard InChI is InChI=1S/C27H26ClN3O3/c1-5-30-22-8-6-17(14-19(22)20-12-15(2)13-21(28)25(20)30)26-29-24-16(3)18(27(32)33)7-9-23(24)31(26)10-11-34-4/h6-9,12-14H,5,10-11H2,1-4H3,(H,32,33). The molecule has 0 unspecified atom stereocenters. The van der Waals surface area contributed by atoms with Crippen molar-refractivity contribution >= 4 is 50.4 Å². The van der Waals surface area contributed by atoms with Crippen LogP contribution in [0.3, 0.4) is 0 Å². The molecule has 6 nitrogen and oxygen atoms in total. The summed E-state index contributed by atoms with van der Waals surface area (Å²) in [6.07, 6.45) is 0. The van der Waals surface area contributed by atoms with Gasteiger partial charge in [-0.25, -0.2) is 9.78 Å². The number of aryl methyl sites for hydroxylation is 3. The Labute approximate surface area is 202 Å². The number of nitrogens with zero attached hydrogens (tertiary/aromatic N) is 3. The minimum Gasteiger partial charge on any atom is -0.478 e. The van der Waals surface area contributed by atoms with Crippen LogP contribution in [-0.2, 0) is 17.8 Å². The molecule has 0 spiro atoms. The maximum atomic E-state index is 11.7. The van der Waals surface area contributed by atoms with E-state index in [1.165, 1.54) is 0 Å². The highest BCUT2D eigenvalue weighted by atomic mass is 35.5. The third kappa shape index (κ3) is 3.37. The zero-order valence-electron chi connectivity index (χ0n) is 19.6. The Hall–Kier alpha value is -3.35. The quantitative estimate of drug-likeness (QED) is 0.306. The number of aromatic nitrogens is 3. The lowest BCUT2D eigenvalue weighted by atomic mass is 10.1. The number of carboxylic acids is 1. The lowest BCUT2D eigenvalue weighted by Crippen LogP contribution is -2.06. The molecule has 0 aliphatic rings. The summed E-state index contributed by atoms with van der Waals surface area (Å²) in [5.74, 6) is -0.163. The molecule has 0 amide bonds. The van der Waals surface area contributed by atoms with Crippen LogP contribution in [-0.4, -0.2) is 38.9 Å². The second-order valence-electron chi connectivity index (χ2n) is 8.61. The van der Waals surface area contributed by atoms with E-state index in [1.54, 1.807) is 13.2 Å². The molecule has 7 heteroatoms. The molecule has 174 valence electrons. The second kappa shape index (κ2) is 8.46. The van der Waals surface area contributed by atoms with E-state index in [-0.39, 0.29) is 5.56 Å². The van der Waals surface area contributed by atoms with Crippen molar-refractivity contribution in [2.75, 3.05) is 13.7 Å². The van der Waals surface area contributed by atoms with Gasteiger partial charge in [-0.05, 0) is 74.4 Å². The van der Waals surface area contributed by atoms with Gasteiger partial charge in [0, 0.05) is 42.1 Å². The average molecular weight is 476 g/mol. The molecule has 2 aromatic heterocycles. The first-order valence-electron chi connectivity index (χ1n) is 11.3. The van der Waals surface area contributed by atoms with E-state index in [9.17, 15) is 9.90 Å². The van der Waals surface area contributed by atoms with E-state index in [0.717, 1.165) is 55.8 Å². The molecule has 5 rings (SSSR count). The summed E-state index contributed by atoms with van der Waals surface area (Å²) in [6, 6.07) is 14.0. The fourth-order valence-corrected chi connectivity index (χ4v) is 5.35. The number of carboxylic acid groups (broad SMARTS) is 1. The van der Waals surface area contributed by atoms with E-state index < -0.39 is 5.97 Å². The predicted molar refractivity (Wildman–Crippen MR) is 137 cm³/mol. The molecule has 0 fully saturated rings. The summed E-state index contributed by atoms with van der Waals surface area (Å²) in [4.78, 5) is 16.6. The smallest absolute Gasteiger partial charge is 0.336 e. The van der Waals surface area contributed by atoms with Crippen LogP contribution in [0.4, 0.5) is 0 Å². The van der Waals surface area contributed by atoms with Crippen molar-refractivity contribution in [3.05, 3.63) is 64.2 Å². The molecule has 0 saturated heterocycles. The van der Waals surface area contributed by atoms with Gasteiger partial charge in [-0.1, -0.05) is 11.6 Å². The van der Waals surface area contributed by atoms with Gasteiger partial charge < -0.3 is 19.0 Å². The van der Waals surface area contributed by atoms with E-state index in [2.05, 4.69) is 47.2 Å². The number of methoxy groups -OCH3 is 1. The number of carbonyl (C=O) groups is 1. The van der Waals surface area contributed by atoms with E-state index in [4.69, 9.17) is 21.3 Å². The monoisotopic (exact) mass is 475 g/mol. The number of aromatic carboxylic acids is 1. The van der Waals surface area contributed by atoms with Gasteiger partial charge in [-0.3, -0.25) is 0 Å². The third-order valence-electron chi connectivity index (χ3n) is 6.55. The van der Waals surface area contributed by atoms with Crippen molar-refractivity contribution in [2.45, 2.75) is 33.9 Å². The highest BCUT2D eigenvalue weighted by Crippen LogP contribution is 2.37. The first-order valence-corrected chi connectivity index (χ1v) is 11.7. The third-order valence-corrected chi connectivity index (χ3v) is 6.84. The Morgan fingerprint density at radius 2 is 1.82 bits per heavy atom. The lowest BCUT2D eigenvalue weighted by molar-refractivity contribution is 0.0696. The average Bonchev–Trinajstić information content (AvgIpc) is 3.33. The topological polar surface area (TPSA) is 69.3 Å². The van der Waals surface area contributed by atoms with Crippen LogP contribution in [0.15, 0.2) is 42.5 Å². The molecule has 0 saturated carbocycles. The molecule has 5 aromatic rings. The molecular formula is C27H26ClN3O3. The van der Waals surface area contributed by atoms with E-state index in [1.807, 2.05) is 19.1 Å². The van der Waals surface area contributed by atoms with Crippen LogP contribution in [0.2, 0.25) is 5.02 Å². The number of halogens is 1. The maximum Gasteiger partial charge on any atom is 0.336 e. The summed E-state index contributed by atoms with van der Waals surface area (Å²) in [5, 5.41) is 12.6. The Bertz CT molecular complexity index is 1600. The highest BCUT2D eigenvalue weighted by molar-refractivity contribution is 6.36. The van der Waals surface area contributed by atoms with Gasteiger partial charge in [-0.2, -0.15) is 0 Å². The van der Waals surface area contributed by atoms with Crippen molar-refractivity contribution < 1.29 is 14.6 Å². The fourth-order valence-electron chi connectivity index (χ4n) is 4.98. The van der Waals surface area contributed by atoms with Crippen LogP contribution in [0.5, 0.6) is 0 Å². The zero-order chi connectivity index (χ0) is 24.1. The van der Waals surface area contributed by atoms with Crippen LogP contribution < -0.4 is 0 Å². The first-order chi connectivity index (χ1) is 16.3. The second-order valence-corrected chi connectivity index (χ2v) is 9.02. The molecule has 3 aromatic carbocycles. The molecule has 2 heterocycles. The summed E-state index contributed by atoms with van der Waals surface area (Å²) < 4.78 is 9.71. The molecule has 0 atom stereocenters. The van der Waals surface area contributed by atoms with Crippen molar-refractivity contribution in [1.82, 2.24) is 14.1 Å². The van der Waals surface area contributed by atoms with E-state index >= 15 is 0 Å². The van der Waals surface area contributed by atoms with Gasteiger partial charge in [0.2, 0.25) is 0 Å². The number of hydrogen-bond acceptors (Lipinski definition) is 3. The molecule has 0 aliphatic carbocycles. The van der Waals surface area contributed by atoms with Gasteiger partial charge in [0.1, 0.15) is 5.82 Å². The molecule has 34 heavy (non-hydrogen) atoms. The predicted octanol–water partition coefficient (Wildman–Crippen LogP) is 6.45. The number of ether oxygens (including phenoxy) is 1. The Kier molecular flexibility index (Phi) is 5.58. The number of rotatable bonds is 6. The normalized spacial score (nSPS) is 11.8. The maximum absolute atomic E-state index is 11.7. The molecule has 1 N–H and O–H groups in total. The zero-order valence-corrected chi connectivity index (χ0v) is 20.4. The van der Waals surface area contributed by atoms with Crippen LogP contribution in [0, 0.1) is 13.8 Å². The van der Waals surface area contributed by atoms with Crippen LogP contribution in [0.25, 0.3) is 44.2 Å². The van der Waals surface area contributed by atoms with Crippen molar-refractivity contribution in [3.63, 3.8) is 0 Å². The Morgan fingerprint density at radius 3 is 2.53 bits per heavy atom. The summed E-state index contributed by atoms with van der Waals surface area (Å²) in [7, 11) is 1.67. The van der Waals surface area contributed by atoms with Crippen LogP contribution in [0.1, 0.15) is 28.4 Å². The number of benzene rings is 3. The van der Waals surface area contributed by atoms with Gasteiger partial charge >= 0.3 is 5.97 Å². The van der Waals surface area contributed by atoms with Crippen LogP contribution >= 0.6 is 11.6 Å². The first kappa shape index (κ1) is 22.4. The minimum atomic E-state index is -0.951. The number of imidazole rings is 1. The Balaban J connectivity index is 1.81.